The number of aromatic nitrogens is 2. The molecule has 0 spiro atoms. The molecule has 0 bridgehead atoms. The molecule has 2 fully saturated rings. The van der Waals surface area contributed by atoms with Crippen LogP contribution in [0.1, 0.15) is 69.3 Å². The highest BCUT2D eigenvalue weighted by atomic mass is 35.5. The van der Waals surface area contributed by atoms with Crippen LogP contribution in [0.4, 0.5) is 5.13 Å². The maximum Gasteiger partial charge on any atom is 0.335 e. The maximum atomic E-state index is 11.3. The predicted molar refractivity (Wildman–Crippen MR) is 158 cm³/mol. The van der Waals surface area contributed by atoms with Gasteiger partial charge in [-0.1, -0.05) is 35.0 Å². The van der Waals surface area contributed by atoms with E-state index in [4.69, 9.17) is 25.8 Å². The summed E-state index contributed by atoms with van der Waals surface area (Å²) in [5.74, 6) is 0.457. The number of ether oxygens (including phenoxy) is 1. The molecule has 0 radical (unpaired) electrons. The van der Waals surface area contributed by atoms with Crippen molar-refractivity contribution in [1.29, 1.82) is 0 Å². The van der Waals surface area contributed by atoms with Gasteiger partial charge in [-0.05, 0) is 75.8 Å². The number of carbonyl (C=O) groups is 1. The number of thiazole rings is 1. The van der Waals surface area contributed by atoms with Crippen LogP contribution in [0.3, 0.4) is 0 Å². The Morgan fingerprint density at radius 3 is 2.55 bits per heavy atom. The van der Waals surface area contributed by atoms with Crippen LogP contribution >= 0.6 is 22.9 Å². The van der Waals surface area contributed by atoms with Crippen LogP contribution in [0.2, 0.25) is 5.02 Å². The number of carboxylic acids is 1. The molecule has 3 heterocycles. The molecule has 1 saturated heterocycles. The first-order valence-corrected chi connectivity index (χ1v) is 14.9. The Morgan fingerprint density at radius 1 is 1.10 bits per heavy atom. The van der Waals surface area contributed by atoms with Gasteiger partial charge in [0.2, 0.25) is 0 Å². The molecule has 7 nitrogen and oxygen atoms in total. The fraction of sp³-hybridized carbons (Fsp3) is 0.387. The minimum absolute atomic E-state index is 0.143. The van der Waals surface area contributed by atoms with E-state index in [-0.39, 0.29) is 6.10 Å². The van der Waals surface area contributed by atoms with E-state index >= 15 is 0 Å². The number of benzene rings is 2. The zero-order valence-corrected chi connectivity index (χ0v) is 24.4. The van der Waals surface area contributed by atoms with Gasteiger partial charge in [-0.25, -0.2) is 9.78 Å². The predicted octanol–water partition coefficient (Wildman–Crippen LogP) is 7.80. The third-order valence-corrected chi connectivity index (χ3v) is 9.26. The van der Waals surface area contributed by atoms with E-state index in [0.29, 0.717) is 23.1 Å². The Hall–Kier alpha value is -3.20. The average Bonchev–Trinajstić information content (AvgIpc) is 3.59. The molecule has 2 aliphatic rings. The Balaban J connectivity index is 1.13. The lowest BCUT2D eigenvalue weighted by Crippen LogP contribution is -2.37. The van der Waals surface area contributed by atoms with Gasteiger partial charge in [-0.15, -0.1) is 11.3 Å². The third-order valence-electron chi connectivity index (χ3n) is 7.92. The fourth-order valence-electron chi connectivity index (χ4n) is 5.50. The third kappa shape index (κ3) is 5.28. The van der Waals surface area contributed by atoms with Gasteiger partial charge < -0.3 is 19.3 Å². The molecule has 9 heteroatoms. The number of aromatic carboxylic acids is 1. The Bertz CT molecular complexity index is 1550. The van der Waals surface area contributed by atoms with Gasteiger partial charge >= 0.3 is 5.97 Å². The number of hydrogen-bond donors (Lipinski definition) is 1. The molecule has 0 unspecified atom stereocenters. The summed E-state index contributed by atoms with van der Waals surface area (Å²) in [5, 5.41) is 15.4. The van der Waals surface area contributed by atoms with Gasteiger partial charge in [0, 0.05) is 40.6 Å². The van der Waals surface area contributed by atoms with Gasteiger partial charge in [0.15, 0.2) is 5.13 Å². The lowest BCUT2D eigenvalue weighted by atomic mass is 10.0. The first-order valence-electron chi connectivity index (χ1n) is 13.7. The van der Waals surface area contributed by atoms with Crippen molar-refractivity contribution in [2.45, 2.75) is 65.1 Å². The zero-order valence-electron chi connectivity index (χ0n) is 22.9. The molecule has 2 aromatic heterocycles. The van der Waals surface area contributed by atoms with Gasteiger partial charge in [-0.3, -0.25) is 0 Å². The molecular formula is C31H32ClN3O4S. The van der Waals surface area contributed by atoms with E-state index in [1.54, 1.807) is 23.5 Å². The number of carboxylic acid groups (broad SMARTS) is 1. The molecule has 4 aromatic rings. The Morgan fingerprint density at radius 2 is 1.88 bits per heavy atom. The van der Waals surface area contributed by atoms with Crippen LogP contribution in [0.5, 0.6) is 0 Å². The van der Waals surface area contributed by atoms with E-state index in [1.165, 1.54) is 0 Å². The lowest BCUT2D eigenvalue weighted by molar-refractivity contribution is 0.0246. The van der Waals surface area contributed by atoms with Crippen LogP contribution in [0.15, 0.2) is 40.9 Å². The molecular weight excluding hydrogens is 546 g/mol. The van der Waals surface area contributed by atoms with Crippen LogP contribution in [0.25, 0.3) is 22.5 Å². The largest absolute Gasteiger partial charge is 0.478 e. The summed E-state index contributed by atoms with van der Waals surface area (Å²) in [6, 6.07) is 11.1. The van der Waals surface area contributed by atoms with Crippen LogP contribution in [-0.2, 0) is 11.3 Å². The van der Waals surface area contributed by atoms with Crippen molar-refractivity contribution in [2.75, 3.05) is 18.0 Å². The fourth-order valence-corrected chi connectivity index (χ4v) is 6.79. The molecule has 1 N–H and O–H groups in total. The van der Waals surface area contributed by atoms with Crippen molar-refractivity contribution in [3.05, 3.63) is 74.3 Å². The second-order valence-corrected chi connectivity index (χ2v) is 12.4. The van der Waals surface area contributed by atoms with E-state index in [0.717, 1.165) is 93.7 Å². The van der Waals surface area contributed by atoms with Gasteiger partial charge in [0.1, 0.15) is 11.5 Å². The van der Waals surface area contributed by atoms with Gasteiger partial charge in [-0.2, -0.15) is 0 Å². The van der Waals surface area contributed by atoms with E-state index in [2.05, 4.69) is 17.0 Å². The number of halogens is 1. The topological polar surface area (TPSA) is 88.7 Å². The molecule has 0 amide bonds. The molecule has 1 aliphatic heterocycles. The summed E-state index contributed by atoms with van der Waals surface area (Å²) in [6.45, 7) is 8.25. The smallest absolute Gasteiger partial charge is 0.335 e. The normalized spacial score (nSPS) is 16.1. The summed E-state index contributed by atoms with van der Waals surface area (Å²) in [4.78, 5) is 19.8. The molecule has 2 aromatic carbocycles. The summed E-state index contributed by atoms with van der Waals surface area (Å²) < 4.78 is 12.3. The maximum absolute atomic E-state index is 11.3. The molecule has 0 atom stereocenters. The molecule has 1 aliphatic carbocycles. The standard InChI is InChI=1S/C31H32ClN3O4S/c1-17-5-4-6-25(32)26(17)28-24(29(39-34-28)20-7-8-20)16-38-22-11-13-35(14-12-22)31-33-27(19(3)40-31)23-10-9-21(30(36)37)15-18(23)2/h4-6,9-10,15,20,22H,7-8,11-14,16H2,1-3H3,(H,36,37). The number of piperidine rings is 1. The lowest BCUT2D eigenvalue weighted by Gasteiger charge is -2.31. The summed E-state index contributed by atoms with van der Waals surface area (Å²) in [7, 11) is 0. The number of aryl methyl sites for hydroxylation is 3. The minimum Gasteiger partial charge on any atom is -0.478 e. The van der Waals surface area contributed by atoms with Crippen LogP contribution in [0, 0.1) is 20.8 Å². The monoisotopic (exact) mass is 577 g/mol. The summed E-state index contributed by atoms with van der Waals surface area (Å²) in [6.07, 6.45) is 4.21. The quantitative estimate of drug-likeness (QED) is 0.228. The number of anilines is 1. The number of nitrogens with zero attached hydrogens (tertiary/aromatic N) is 3. The second kappa shape index (κ2) is 11.0. The van der Waals surface area contributed by atoms with Crippen molar-refractivity contribution in [3.63, 3.8) is 0 Å². The highest BCUT2D eigenvalue weighted by molar-refractivity contribution is 7.16. The van der Waals surface area contributed by atoms with Gasteiger partial charge in [0.25, 0.3) is 0 Å². The van der Waals surface area contributed by atoms with Crippen LogP contribution < -0.4 is 4.90 Å². The average molecular weight is 578 g/mol. The first kappa shape index (κ1) is 27.0. The van der Waals surface area contributed by atoms with Crippen molar-refractivity contribution in [3.8, 4) is 22.5 Å². The van der Waals surface area contributed by atoms with Crippen molar-refractivity contribution in [2.24, 2.45) is 0 Å². The number of hydrogen-bond acceptors (Lipinski definition) is 7. The summed E-state index contributed by atoms with van der Waals surface area (Å²) >= 11 is 8.27. The van der Waals surface area contributed by atoms with E-state index in [9.17, 15) is 9.90 Å². The molecule has 1 saturated carbocycles. The first-order chi connectivity index (χ1) is 19.3. The molecule has 208 valence electrons. The van der Waals surface area contributed by atoms with Crippen molar-refractivity contribution >= 4 is 34.0 Å². The summed E-state index contributed by atoms with van der Waals surface area (Å²) in [5.41, 5.74) is 6.95. The minimum atomic E-state index is -0.918. The van der Waals surface area contributed by atoms with Gasteiger partial charge in [0.05, 0.1) is 29.0 Å². The highest BCUT2D eigenvalue weighted by Crippen LogP contribution is 2.45. The Kier molecular flexibility index (Phi) is 7.42. The number of rotatable bonds is 8. The zero-order chi connectivity index (χ0) is 28.0. The second-order valence-electron chi connectivity index (χ2n) is 10.8. The molecule has 40 heavy (non-hydrogen) atoms. The van der Waals surface area contributed by atoms with Crippen molar-refractivity contribution < 1.29 is 19.2 Å². The van der Waals surface area contributed by atoms with Crippen LogP contribution in [-0.4, -0.2) is 40.4 Å². The van der Waals surface area contributed by atoms with Crippen molar-refractivity contribution in [1.82, 2.24) is 10.1 Å². The molecule has 6 rings (SSSR count). The van der Waals surface area contributed by atoms with E-state index < -0.39 is 5.97 Å². The SMILES string of the molecule is Cc1cc(C(=O)O)ccc1-c1nc(N2CCC(OCc3c(-c4c(C)cccc4Cl)noc3C3CC3)CC2)sc1C. The van der Waals surface area contributed by atoms with E-state index in [1.807, 2.05) is 38.1 Å². The Labute approximate surface area is 242 Å². The highest BCUT2D eigenvalue weighted by Gasteiger charge is 2.34.